The van der Waals surface area contributed by atoms with Gasteiger partial charge in [-0.25, -0.2) is 10.4 Å². The summed E-state index contributed by atoms with van der Waals surface area (Å²) in [5, 5.41) is 10.3. The third-order valence-corrected chi connectivity index (χ3v) is 5.83. The summed E-state index contributed by atoms with van der Waals surface area (Å²) >= 11 is 1.40. The van der Waals surface area contributed by atoms with Crippen LogP contribution in [-0.4, -0.2) is 34.2 Å². The van der Waals surface area contributed by atoms with Crippen molar-refractivity contribution < 1.29 is 14.6 Å². The van der Waals surface area contributed by atoms with Crippen LogP contribution in [0.25, 0.3) is 11.3 Å². The molecule has 1 aliphatic carbocycles. The maximum atomic E-state index is 12.5. The number of ether oxygens (including phenoxy) is 1. The molecular weight excluding hydrogens is 374 g/mol. The van der Waals surface area contributed by atoms with E-state index in [4.69, 9.17) is 4.74 Å². The van der Waals surface area contributed by atoms with E-state index in [0.29, 0.717) is 24.1 Å². The lowest BCUT2D eigenvalue weighted by Gasteiger charge is -2.26. The molecule has 146 valence electrons. The lowest BCUT2D eigenvalue weighted by molar-refractivity contribution is 0.0913. The molecule has 1 aliphatic heterocycles. The summed E-state index contributed by atoms with van der Waals surface area (Å²) in [5.74, 6) is 6.34. The zero-order chi connectivity index (χ0) is 19.7. The Kier molecular flexibility index (Phi) is 5.11. The third-order valence-electron chi connectivity index (χ3n) is 4.72. The van der Waals surface area contributed by atoms with Crippen molar-refractivity contribution in [3.8, 4) is 28.8 Å². The second kappa shape index (κ2) is 7.55. The van der Waals surface area contributed by atoms with Crippen LogP contribution in [0.15, 0.2) is 18.2 Å². The molecule has 1 saturated carbocycles. The Bertz CT molecular complexity index is 961. The highest BCUT2D eigenvalue weighted by Crippen LogP contribution is 2.38. The lowest BCUT2D eigenvalue weighted by atomic mass is 9.94. The first-order chi connectivity index (χ1) is 13.4. The summed E-state index contributed by atoms with van der Waals surface area (Å²) in [4.78, 5) is 18.1. The molecule has 1 aromatic carbocycles. The summed E-state index contributed by atoms with van der Waals surface area (Å²) in [7, 11) is 0. The number of carbonyl (C=O) groups excluding carboxylic acids is 1. The molecule has 3 N–H and O–H groups in total. The summed E-state index contributed by atoms with van der Waals surface area (Å²) in [5.41, 5.74) is 7.16. The van der Waals surface area contributed by atoms with E-state index in [1.54, 1.807) is 13.8 Å². The molecule has 28 heavy (non-hydrogen) atoms. The second-order valence-electron chi connectivity index (χ2n) is 7.64. The summed E-state index contributed by atoms with van der Waals surface area (Å²) < 4.78 is 5.85. The van der Waals surface area contributed by atoms with Crippen LogP contribution in [0.2, 0.25) is 0 Å². The zero-order valence-electron chi connectivity index (χ0n) is 16.0. The topological polar surface area (TPSA) is 83.5 Å². The number of nitrogens with zero attached hydrogens (tertiary/aromatic N) is 1. The fourth-order valence-electron chi connectivity index (χ4n) is 3.00. The van der Waals surface area contributed by atoms with E-state index >= 15 is 0 Å². The Morgan fingerprint density at radius 2 is 2.21 bits per heavy atom. The normalized spacial score (nSPS) is 15.8. The van der Waals surface area contributed by atoms with Crippen LogP contribution < -0.4 is 15.6 Å². The molecule has 6 nitrogen and oxygen atoms in total. The molecule has 0 radical (unpaired) electrons. The fourth-order valence-corrected chi connectivity index (χ4v) is 3.95. The van der Waals surface area contributed by atoms with Gasteiger partial charge in [0.15, 0.2) is 5.01 Å². The van der Waals surface area contributed by atoms with Gasteiger partial charge in [-0.1, -0.05) is 18.3 Å². The predicted molar refractivity (Wildman–Crippen MR) is 108 cm³/mol. The number of hydrazine groups is 1. The largest absolute Gasteiger partial charge is 0.493 e. The van der Waals surface area contributed by atoms with Gasteiger partial charge in [0.2, 0.25) is 0 Å². The standard InChI is InChI=1S/C21H23N3O3S/c1-21(2,26)10-8-13-6-7-16-15(12-13)18-17(9-11-27-16)28-20(22-18)19(25)24-23-14-4-3-5-14/h6-7,12,14,23,26H,3-5,9,11H2,1-2H3,(H,24,25). The minimum atomic E-state index is -1.06. The summed E-state index contributed by atoms with van der Waals surface area (Å²) in [6.45, 7) is 3.83. The highest BCUT2D eigenvalue weighted by atomic mass is 32.1. The Labute approximate surface area is 168 Å². The van der Waals surface area contributed by atoms with Crippen molar-refractivity contribution in [3.63, 3.8) is 0 Å². The second-order valence-corrected chi connectivity index (χ2v) is 8.72. The number of aliphatic hydroxyl groups is 1. The average Bonchev–Trinajstić information content (AvgIpc) is 2.95. The minimum absolute atomic E-state index is 0.203. The maximum Gasteiger partial charge on any atom is 0.294 e. The Morgan fingerprint density at radius 3 is 2.93 bits per heavy atom. The molecule has 4 rings (SSSR count). The van der Waals surface area contributed by atoms with Gasteiger partial charge in [0.25, 0.3) is 5.91 Å². The first-order valence-corrected chi connectivity index (χ1v) is 10.3. The SMILES string of the molecule is CC(C)(O)C#Cc1ccc2c(c1)-c1nc(C(=O)NNC3CCC3)sc1CCO2. The van der Waals surface area contributed by atoms with Crippen LogP contribution in [0.5, 0.6) is 5.75 Å². The molecule has 0 saturated heterocycles. The van der Waals surface area contributed by atoms with Crippen LogP contribution in [0.4, 0.5) is 0 Å². The van der Waals surface area contributed by atoms with Crippen LogP contribution in [0, 0.1) is 11.8 Å². The van der Waals surface area contributed by atoms with E-state index in [2.05, 4.69) is 27.7 Å². The van der Waals surface area contributed by atoms with Gasteiger partial charge >= 0.3 is 0 Å². The van der Waals surface area contributed by atoms with Crippen molar-refractivity contribution in [2.24, 2.45) is 0 Å². The number of carbonyl (C=O) groups is 1. The molecule has 0 atom stereocenters. The van der Waals surface area contributed by atoms with Gasteiger partial charge in [0, 0.05) is 28.5 Å². The number of aromatic nitrogens is 1. The lowest BCUT2D eigenvalue weighted by Crippen LogP contribution is -2.47. The zero-order valence-corrected chi connectivity index (χ0v) is 16.8. The molecule has 2 aliphatic rings. The first kappa shape index (κ1) is 18.9. The van der Waals surface area contributed by atoms with Gasteiger partial charge in [-0.2, -0.15) is 0 Å². The summed E-state index contributed by atoms with van der Waals surface area (Å²) in [6, 6.07) is 6.01. The van der Waals surface area contributed by atoms with Crippen molar-refractivity contribution in [1.29, 1.82) is 0 Å². The van der Waals surface area contributed by atoms with E-state index in [0.717, 1.165) is 40.3 Å². The minimum Gasteiger partial charge on any atom is -0.493 e. The van der Waals surface area contributed by atoms with Gasteiger partial charge in [-0.15, -0.1) is 11.3 Å². The number of rotatable bonds is 3. The average molecular weight is 398 g/mol. The molecule has 0 bridgehead atoms. The number of hydrogen-bond donors (Lipinski definition) is 3. The summed E-state index contributed by atoms with van der Waals surface area (Å²) in [6.07, 6.45) is 4.09. The molecule has 2 heterocycles. The third kappa shape index (κ3) is 4.20. The smallest absolute Gasteiger partial charge is 0.294 e. The van der Waals surface area contributed by atoms with Crippen molar-refractivity contribution in [2.45, 2.75) is 51.2 Å². The van der Waals surface area contributed by atoms with Crippen molar-refractivity contribution in [1.82, 2.24) is 15.8 Å². The van der Waals surface area contributed by atoms with Gasteiger partial charge in [0.05, 0.1) is 12.3 Å². The van der Waals surface area contributed by atoms with E-state index < -0.39 is 5.60 Å². The molecule has 1 fully saturated rings. The Morgan fingerprint density at radius 1 is 1.39 bits per heavy atom. The monoisotopic (exact) mass is 397 g/mol. The van der Waals surface area contributed by atoms with E-state index in [9.17, 15) is 9.90 Å². The van der Waals surface area contributed by atoms with Gasteiger partial charge in [-0.05, 0) is 44.9 Å². The highest BCUT2D eigenvalue weighted by Gasteiger charge is 2.24. The Hall–Kier alpha value is -2.40. The van der Waals surface area contributed by atoms with E-state index in [1.807, 2.05) is 18.2 Å². The van der Waals surface area contributed by atoms with Crippen molar-refractivity contribution >= 4 is 17.2 Å². The number of nitrogens with one attached hydrogen (secondary N) is 2. The van der Waals surface area contributed by atoms with Crippen LogP contribution in [-0.2, 0) is 6.42 Å². The van der Waals surface area contributed by atoms with Gasteiger partial charge < -0.3 is 9.84 Å². The Balaban J connectivity index is 1.62. The molecule has 0 spiro atoms. The number of thiazole rings is 1. The number of amides is 1. The van der Waals surface area contributed by atoms with Gasteiger partial charge in [0.1, 0.15) is 11.4 Å². The molecule has 1 aromatic heterocycles. The molecule has 2 aromatic rings. The first-order valence-electron chi connectivity index (χ1n) is 9.47. The number of fused-ring (bicyclic) bond motifs is 3. The fraction of sp³-hybridized carbons (Fsp3) is 0.429. The quantitative estimate of drug-likeness (QED) is 0.548. The van der Waals surface area contributed by atoms with Gasteiger partial charge in [-0.3, -0.25) is 10.2 Å². The van der Waals surface area contributed by atoms with Crippen LogP contribution in [0.1, 0.15) is 53.4 Å². The van der Waals surface area contributed by atoms with E-state index in [-0.39, 0.29) is 5.91 Å². The highest BCUT2D eigenvalue weighted by molar-refractivity contribution is 7.14. The molecular formula is C21H23N3O3S. The molecule has 7 heteroatoms. The number of hydrogen-bond acceptors (Lipinski definition) is 6. The molecule has 1 amide bonds. The molecule has 0 unspecified atom stereocenters. The predicted octanol–water partition coefficient (Wildman–Crippen LogP) is 2.65. The maximum absolute atomic E-state index is 12.5. The van der Waals surface area contributed by atoms with Crippen LogP contribution >= 0.6 is 11.3 Å². The number of benzene rings is 1. The van der Waals surface area contributed by atoms with Crippen LogP contribution in [0.3, 0.4) is 0 Å². The van der Waals surface area contributed by atoms with Crippen molar-refractivity contribution in [3.05, 3.63) is 33.6 Å². The van der Waals surface area contributed by atoms with E-state index in [1.165, 1.54) is 17.8 Å². The van der Waals surface area contributed by atoms with Crippen molar-refractivity contribution in [2.75, 3.05) is 6.61 Å².